The summed E-state index contributed by atoms with van der Waals surface area (Å²) in [5.74, 6) is 1.55. The van der Waals surface area contributed by atoms with Gasteiger partial charge in [-0.2, -0.15) is 14.6 Å². The largest absolute Gasteiger partial charge is 0.367 e. The van der Waals surface area contributed by atoms with Crippen LogP contribution in [0.2, 0.25) is 0 Å². The van der Waals surface area contributed by atoms with Gasteiger partial charge < -0.3 is 5.32 Å². The Labute approximate surface area is 130 Å². The molecule has 0 radical (unpaired) electrons. The molecule has 0 aliphatic carbocycles. The number of rotatable bonds is 4. The Morgan fingerprint density at radius 3 is 2.77 bits per heavy atom. The molecule has 0 saturated carbocycles. The van der Waals surface area contributed by atoms with Crippen molar-refractivity contribution in [3.63, 3.8) is 0 Å². The number of nitrogens with zero attached hydrogens (tertiary/aromatic N) is 4. The van der Waals surface area contributed by atoms with Gasteiger partial charge in [0.1, 0.15) is 12.1 Å². The van der Waals surface area contributed by atoms with E-state index in [1.54, 1.807) is 4.52 Å². The van der Waals surface area contributed by atoms with E-state index in [2.05, 4.69) is 59.4 Å². The molecule has 2 heterocycles. The maximum Gasteiger partial charge on any atom is 0.254 e. The summed E-state index contributed by atoms with van der Waals surface area (Å²) in [6.45, 7) is 8.44. The Morgan fingerprint density at radius 1 is 1.18 bits per heavy atom. The van der Waals surface area contributed by atoms with Crippen molar-refractivity contribution in [3.05, 3.63) is 53.0 Å². The lowest BCUT2D eigenvalue weighted by Gasteiger charge is -2.17. The van der Waals surface area contributed by atoms with Gasteiger partial charge in [-0.1, -0.05) is 23.8 Å². The van der Waals surface area contributed by atoms with E-state index in [9.17, 15) is 0 Å². The molecule has 22 heavy (non-hydrogen) atoms. The van der Waals surface area contributed by atoms with E-state index in [0.717, 1.165) is 17.9 Å². The summed E-state index contributed by atoms with van der Waals surface area (Å²) in [6, 6.07) is 8.90. The van der Waals surface area contributed by atoms with Crippen LogP contribution >= 0.6 is 0 Å². The van der Waals surface area contributed by atoms with Crippen molar-refractivity contribution >= 4 is 11.6 Å². The molecule has 1 unspecified atom stereocenters. The van der Waals surface area contributed by atoms with Gasteiger partial charge in [0.15, 0.2) is 0 Å². The van der Waals surface area contributed by atoms with Crippen LogP contribution in [-0.4, -0.2) is 25.6 Å². The second-order valence-electron chi connectivity index (χ2n) is 5.93. The van der Waals surface area contributed by atoms with Crippen molar-refractivity contribution in [3.8, 4) is 0 Å². The first-order valence-corrected chi connectivity index (χ1v) is 7.53. The highest BCUT2D eigenvalue weighted by molar-refractivity contribution is 5.45. The van der Waals surface area contributed by atoms with Gasteiger partial charge >= 0.3 is 0 Å². The molecule has 0 aliphatic heterocycles. The fourth-order valence-corrected chi connectivity index (χ4v) is 2.74. The Kier molecular flexibility index (Phi) is 3.79. The second-order valence-corrected chi connectivity index (χ2v) is 5.93. The molecule has 114 valence electrons. The van der Waals surface area contributed by atoms with Crippen molar-refractivity contribution in [2.45, 2.75) is 40.2 Å². The fraction of sp³-hybridized carbons (Fsp3) is 0.353. The predicted octanol–water partition coefficient (Wildman–Crippen LogP) is 3.09. The van der Waals surface area contributed by atoms with E-state index < -0.39 is 0 Å². The van der Waals surface area contributed by atoms with Gasteiger partial charge in [0.05, 0.1) is 0 Å². The SMILES string of the molecule is Cc1ccc(CC(C)Nc2cc(C)nc3ncnn23)c(C)c1. The average molecular weight is 295 g/mol. The van der Waals surface area contributed by atoms with Crippen molar-refractivity contribution < 1.29 is 0 Å². The highest BCUT2D eigenvalue weighted by atomic mass is 15.4. The molecule has 2 aromatic heterocycles. The Morgan fingerprint density at radius 2 is 2.00 bits per heavy atom. The monoisotopic (exact) mass is 295 g/mol. The molecule has 1 N–H and O–H groups in total. The number of fused-ring (bicyclic) bond motifs is 1. The molecule has 0 saturated heterocycles. The summed E-state index contributed by atoms with van der Waals surface area (Å²) in [5, 5.41) is 7.75. The quantitative estimate of drug-likeness (QED) is 0.803. The molecule has 0 spiro atoms. The predicted molar refractivity (Wildman–Crippen MR) is 88.2 cm³/mol. The van der Waals surface area contributed by atoms with Crippen LogP contribution in [0.1, 0.15) is 29.3 Å². The van der Waals surface area contributed by atoms with Crippen molar-refractivity contribution in [2.24, 2.45) is 0 Å². The van der Waals surface area contributed by atoms with Gasteiger partial charge in [0.25, 0.3) is 5.78 Å². The van der Waals surface area contributed by atoms with Gasteiger partial charge in [-0.3, -0.25) is 0 Å². The molecule has 3 rings (SSSR count). The zero-order valence-electron chi connectivity index (χ0n) is 13.5. The van der Waals surface area contributed by atoms with E-state index in [1.807, 2.05) is 13.0 Å². The summed E-state index contributed by atoms with van der Waals surface area (Å²) in [7, 11) is 0. The second kappa shape index (κ2) is 5.75. The maximum absolute atomic E-state index is 4.36. The van der Waals surface area contributed by atoms with Crippen LogP contribution in [0.25, 0.3) is 5.78 Å². The normalized spacial score (nSPS) is 12.5. The minimum Gasteiger partial charge on any atom is -0.367 e. The van der Waals surface area contributed by atoms with Crippen molar-refractivity contribution in [1.82, 2.24) is 19.6 Å². The van der Waals surface area contributed by atoms with Crippen LogP contribution in [0.5, 0.6) is 0 Å². The van der Waals surface area contributed by atoms with Gasteiger partial charge in [-0.25, -0.2) is 4.98 Å². The highest BCUT2D eigenvalue weighted by Gasteiger charge is 2.10. The van der Waals surface area contributed by atoms with E-state index >= 15 is 0 Å². The van der Waals surface area contributed by atoms with Crippen LogP contribution in [0.4, 0.5) is 5.82 Å². The number of aromatic nitrogens is 4. The first-order chi connectivity index (χ1) is 10.5. The summed E-state index contributed by atoms with van der Waals surface area (Å²) in [5.41, 5.74) is 4.94. The van der Waals surface area contributed by atoms with Gasteiger partial charge in [0, 0.05) is 17.8 Å². The Balaban J connectivity index is 1.81. The zero-order chi connectivity index (χ0) is 15.7. The number of hydrogen-bond donors (Lipinski definition) is 1. The maximum atomic E-state index is 4.36. The van der Waals surface area contributed by atoms with Crippen LogP contribution < -0.4 is 5.32 Å². The molecule has 0 fully saturated rings. The molecule has 1 aromatic carbocycles. The van der Waals surface area contributed by atoms with Crippen LogP contribution in [0, 0.1) is 20.8 Å². The molecule has 0 aliphatic rings. The molecule has 5 heteroatoms. The first-order valence-electron chi connectivity index (χ1n) is 7.53. The standard InChI is InChI=1S/C17H21N5/c1-11-5-6-15(12(2)7-11)8-13(3)20-16-9-14(4)21-17-18-10-19-22(16)17/h5-7,9-10,13,20H,8H2,1-4H3. The third-order valence-electron chi connectivity index (χ3n) is 3.80. The lowest BCUT2D eigenvalue weighted by molar-refractivity contribution is 0.766. The molecular formula is C17H21N5. The Bertz CT molecular complexity index is 806. The summed E-state index contributed by atoms with van der Waals surface area (Å²) in [6.07, 6.45) is 2.49. The summed E-state index contributed by atoms with van der Waals surface area (Å²) in [4.78, 5) is 8.52. The summed E-state index contributed by atoms with van der Waals surface area (Å²) >= 11 is 0. The van der Waals surface area contributed by atoms with E-state index in [0.29, 0.717) is 5.78 Å². The van der Waals surface area contributed by atoms with Crippen LogP contribution in [0.3, 0.4) is 0 Å². The van der Waals surface area contributed by atoms with Crippen LogP contribution in [-0.2, 0) is 6.42 Å². The Hall–Kier alpha value is -2.43. The zero-order valence-corrected chi connectivity index (χ0v) is 13.5. The lowest BCUT2D eigenvalue weighted by Crippen LogP contribution is -2.21. The molecule has 5 nitrogen and oxygen atoms in total. The topological polar surface area (TPSA) is 55.1 Å². The number of benzene rings is 1. The van der Waals surface area contributed by atoms with Gasteiger partial charge in [-0.05, 0) is 45.2 Å². The van der Waals surface area contributed by atoms with Crippen molar-refractivity contribution in [2.75, 3.05) is 5.32 Å². The molecule has 1 atom stereocenters. The molecule has 0 bridgehead atoms. The highest BCUT2D eigenvalue weighted by Crippen LogP contribution is 2.16. The lowest BCUT2D eigenvalue weighted by atomic mass is 10.00. The molecule has 3 aromatic rings. The van der Waals surface area contributed by atoms with E-state index in [1.165, 1.54) is 23.0 Å². The minimum atomic E-state index is 0.288. The number of hydrogen-bond acceptors (Lipinski definition) is 4. The fourth-order valence-electron chi connectivity index (χ4n) is 2.74. The number of aryl methyl sites for hydroxylation is 3. The number of anilines is 1. The number of nitrogens with one attached hydrogen (secondary N) is 1. The third kappa shape index (κ3) is 2.93. The smallest absolute Gasteiger partial charge is 0.254 e. The molecule has 0 amide bonds. The third-order valence-corrected chi connectivity index (χ3v) is 3.80. The molecular weight excluding hydrogens is 274 g/mol. The van der Waals surface area contributed by atoms with E-state index in [-0.39, 0.29) is 6.04 Å². The first kappa shape index (κ1) is 14.5. The van der Waals surface area contributed by atoms with Gasteiger partial charge in [-0.15, -0.1) is 0 Å². The van der Waals surface area contributed by atoms with Crippen LogP contribution in [0.15, 0.2) is 30.6 Å². The van der Waals surface area contributed by atoms with E-state index in [4.69, 9.17) is 0 Å². The summed E-state index contributed by atoms with van der Waals surface area (Å²) < 4.78 is 1.74. The average Bonchev–Trinajstić information content (AvgIpc) is 2.90. The van der Waals surface area contributed by atoms with Gasteiger partial charge in [0.2, 0.25) is 0 Å². The van der Waals surface area contributed by atoms with Crippen molar-refractivity contribution in [1.29, 1.82) is 0 Å². The minimum absolute atomic E-state index is 0.288.